The van der Waals surface area contributed by atoms with Gasteiger partial charge in [-0.2, -0.15) is 0 Å². The first-order valence-corrected chi connectivity index (χ1v) is 6.75. The summed E-state index contributed by atoms with van der Waals surface area (Å²) in [6.07, 6.45) is 2.44. The third-order valence-corrected chi connectivity index (χ3v) is 3.17. The van der Waals surface area contributed by atoms with Crippen LogP contribution in [-0.2, 0) is 11.3 Å². The molecule has 106 valence electrons. The Morgan fingerprint density at radius 3 is 2.58 bits per heavy atom. The highest BCUT2D eigenvalue weighted by atomic mass is 16.5. The van der Waals surface area contributed by atoms with E-state index in [0.29, 0.717) is 25.4 Å². The van der Waals surface area contributed by atoms with Gasteiger partial charge in [0.1, 0.15) is 5.75 Å². The van der Waals surface area contributed by atoms with Gasteiger partial charge in [-0.3, -0.25) is 4.79 Å². The zero-order valence-electron chi connectivity index (χ0n) is 11.8. The highest BCUT2D eigenvalue weighted by Crippen LogP contribution is 2.11. The quantitative estimate of drug-likeness (QED) is 0.755. The maximum atomic E-state index is 11.7. The summed E-state index contributed by atoms with van der Waals surface area (Å²) in [5.41, 5.74) is 6.56. The molecule has 1 aromatic carbocycles. The molecule has 0 radical (unpaired) electrons. The fourth-order valence-corrected chi connectivity index (χ4v) is 1.84. The molecule has 19 heavy (non-hydrogen) atoms. The number of nitrogens with one attached hydrogen (secondary N) is 1. The molecule has 0 saturated carbocycles. The van der Waals surface area contributed by atoms with Crippen LogP contribution in [0.1, 0.15) is 31.7 Å². The molecule has 0 aliphatic carbocycles. The van der Waals surface area contributed by atoms with Crippen LogP contribution in [0.15, 0.2) is 24.3 Å². The fourth-order valence-electron chi connectivity index (χ4n) is 1.84. The van der Waals surface area contributed by atoms with Crippen LogP contribution in [0.5, 0.6) is 5.75 Å². The van der Waals surface area contributed by atoms with Crippen LogP contribution in [0.25, 0.3) is 0 Å². The van der Waals surface area contributed by atoms with Crippen LogP contribution in [0, 0.1) is 5.92 Å². The van der Waals surface area contributed by atoms with Crippen LogP contribution in [0.3, 0.4) is 0 Å². The number of hydrogen-bond acceptors (Lipinski definition) is 3. The number of hydrogen-bond donors (Lipinski definition) is 2. The molecule has 0 fully saturated rings. The molecular formula is C15H24N2O2. The third-order valence-electron chi connectivity index (χ3n) is 3.17. The minimum Gasteiger partial charge on any atom is -0.497 e. The van der Waals surface area contributed by atoms with Crippen LogP contribution in [0.2, 0.25) is 0 Å². The Morgan fingerprint density at radius 2 is 2.00 bits per heavy atom. The molecule has 0 aromatic heterocycles. The highest BCUT2D eigenvalue weighted by molar-refractivity contribution is 5.75. The zero-order chi connectivity index (χ0) is 14.1. The first-order valence-electron chi connectivity index (χ1n) is 6.75. The van der Waals surface area contributed by atoms with E-state index < -0.39 is 0 Å². The van der Waals surface area contributed by atoms with Crippen molar-refractivity contribution in [2.75, 3.05) is 13.7 Å². The SMILES string of the molecule is COc1ccc(CNC(=O)CCC(C)CCN)cc1. The largest absolute Gasteiger partial charge is 0.497 e. The predicted molar refractivity (Wildman–Crippen MR) is 76.9 cm³/mol. The van der Waals surface area contributed by atoms with Gasteiger partial charge in [0.25, 0.3) is 0 Å². The summed E-state index contributed by atoms with van der Waals surface area (Å²) in [6.45, 7) is 3.38. The fraction of sp³-hybridized carbons (Fsp3) is 0.533. The maximum absolute atomic E-state index is 11.7. The van der Waals surface area contributed by atoms with E-state index in [9.17, 15) is 4.79 Å². The number of methoxy groups -OCH3 is 1. The minimum atomic E-state index is 0.0969. The lowest BCUT2D eigenvalue weighted by molar-refractivity contribution is -0.121. The smallest absolute Gasteiger partial charge is 0.220 e. The van der Waals surface area contributed by atoms with Crippen molar-refractivity contribution in [1.29, 1.82) is 0 Å². The third kappa shape index (κ3) is 6.25. The van der Waals surface area contributed by atoms with E-state index in [4.69, 9.17) is 10.5 Å². The Balaban J connectivity index is 2.25. The van der Waals surface area contributed by atoms with Crippen molar-refractivity contribution in [3.05, 3.63) is 29.8 Å². The Hall–Kier alpha value is -1.55. The predicted octanol–water partition coefficient (Wildman–Crippen LogP) is 2.08. The van der Waals surface area contributed by atoms with Gasteiger partial charge in [0.15, 0.2) is 0 Å². The van der Waals surface area contributed by atoms with E-state index in [-0.39, 0.29) is 5.91 Å². The summed E-state index contributed by atoms with van der Waals surface area (Å²) in [6, 6.07) is 7.70. The van der Waals surface area contributed by atoms with Gasteiger partial charge in [0.05, 0.1) is 7.11 Å². The molecule has 0 saturated heterocycles. The zero-order valence-corrected chi connectivity index (χ0v) is 11.8. The molecule has 1 aromatic rings. The first kappa shape index (κ1) is 15.5. The van der Waals surface area contributed by atoms with Crippen molar-refractivity contribution in [2.45, 2.75) is 32.7 Å². The summed E-state index contributed by atoms with van der Waals surface area (Å²) in [7, 11) is 1.64. The van der Waals surface area contributed by atoms with Crippen molar-refractivity contribution in [1.82, 2.24) is 5.32 Å². The standard InChI is InChI=1S/C15H24N2O2/c1-12(9-10-16)3-8-15(18)17-11-13-4-6-14(19-2)7-5-13/h4-7,12H,3,8-11,16H2,1-2H3,(H,17,18). The van der Waals surface area contributed by atoms with Crippen molar-refractivity contribution in [3.8, 4) is 5.75 Å². The Bertz CT molecular complexity index is 376. The summed E-state index contributed by atoms with van der Waals surface area (Å²) in [4.78, 5) is 11.7. The lowest BCUT2D eigenvalue weighted by atomic mass is 10.0. The number of benzene rings is 1. The molecule has 0 spiro atoms. The molecular weight excluding hydrogens is 240 g/mol. The molecule has 1 unspecified atom stereocenters. The van der Waals surface area contributed by atoms with E-state index >= 15 is 0 Å². The molecule has 0 aliphatic heterocycles. The topological polar surface area (TPSA) is 64.3 Å². The molecule has 4 nitrogen and oxygen atoms in total. The van der Waals surface area contributed by atoms with Crippen molar-refractivity contribution < 1.29 is 9.53 Å². The van der Waals surface area contributed by atoms with E-state index in [2.05, 4.69) is 12.2 Å². The summed E-state index contributed by atoms with van der Waals surface area (Å²) < 4.78 is 5.09. The number of nitrogens with two attached hydrogens (primary N) is 1. The Labute approximate surface area is 115 Å². The van der Waals surface area contributed by atoms with Gasteiger partial charge in [-0.05, 0) is 43.0 Å². The lowest BCUT2D eigenvalue weighted by Crippen LogP contribution is -2.23. The van der Waals surface area contributed by atoms with Gasteiger partial charge in [0, 0.05) is 13.0 Å². The number of carbonyl (C=O) groups is 1. The molecule has 1 atom stereocenters. The van der Waals surface area contributed by atoms with Gasteiger partial charge in [-0.15, -0.1) is 0 Å². The van der Waals surface area contributed by atoms with Crippen LogP contribution < -0.4 is 15.8 Å². The number of ether oxygens (including phenoxy) is 1. The summed E-state index contributed by atoms with van der Waals surface area (Å²) in [5, 5.41) is 2.92. The van der Waals surface area contributed by atoms with E-state index in [1.165, 1.54) is 0 Å². The van der Waals surface area contributed by atoms with Crippen molar-refractivity contribution >= 4 is 5.91 Å². The molecule has 0 bridgehead atoms. The van der Waals surface area contributed by atoms with Gasteiger partial charge in [-0.25, -0.2) is 0 Å². The molecule has 1 amide bonds. The second kappa shape index (κ2) is 8.53. The summed E-state index contributed by atoms with van der Waals surface area (Å²) >= 11 is 0. The molecule has 0 heterocycles. The monoisotopic (exact) mass is 264 g/mol. The van der Waals surface area contributed by atoms with Gasteiger partial charge < -0.3 is 15.8 Å². The Kier molecular flexibility index (Phi) is 6.97. The van der Waals surface area contributed by atoms with E-state index in [1.807, 2.05) is 24.3 Å². The lowest BCUT2D eigenvalue weighted by Gasteiger charge is -2.10. The average molecular weight is 264 g/mol. The first-order chi connectivity index (χ1) is 9.15. The second-order valence-electron chi connectivity index (χ2n) is 4.85. The Morgan fingerprint density at radius 1 is 1.32 bits per heavy atom. The second-order valence-corrected chi connectivity index (χ2v) is 4.85. The average Bonchev–Trinajstić information content (AvgIpc) is 2.44. The highest BCUT2D eigenvalue weighted by Gasteiger charge is 2.06. The molecule has 0 aliphatic rings. The van der Waals surface area contributed by atoms with Crippen molar-refractivity contribution in [3.63, 3.8) is 0 Å². The minimum absolute atomic E-state index is 0.0969. The molecule has 3 N–H and O–H groups in total. The van der Waals surface area contributed by atoms with E-state index in [0.717, 1.165) is 24.2 Å². The molecule has 1 rings (SSSR count). The van der Waals surface area contributed by atoms with Crippen LogP contribution >= 0.6 is 0 Å². The van der Waals surface area contributed by atoms with Gasteiger partial charge in [-0.1, -0.05) is 19.1 Å². The van der Waals surface area contributed by atoms with Crippen LogP contribution in [0.4, 0.5) is 0 Å². The van der Waals surface area contributed by atoms with Crippen LogP contribution in [-0.4, -0.2) is 19.6 Å². The normalized spacial score (nSPS) is 11.9. The number of carbonyl (C=O) groups excluding carboxylic acids is 1. The number of amides is 1. The van der Waals surface area contributed by atoms with Gasteiger partial charge in [0.2, 0.25) is 5.91 Å². The number of rotatable bonds is 8. The van der Waals surface area contributed by atoms with E-state index in [1.54, 1.807) is 7.11 Å². The van der Waals surface area contributed by atoms with Crippen molar-refractivity contribution in [2.24, 2.45) is 11.7 Å². The maximum Gasteiger partial charge on any atom is 0.220 e. The molecule has 4 heteroatoms. The summed E-state index contributed by atoms with van der Waals surface area (Å²) in [5.74, 6) is 1.43. The van der Waals surface area contributed by atoms with Gasteiger partial charge >= 0.3 is 0 Å².